The maximum Gasteiger partial charge on any atom is 0.327 e. The molecule has 6 heteroatoms. The summed E-state index contributed by atoms with van der Waals surface area (Å²) in [5.41, 5.74) is 1.40. The molecule has 1 heterocycles. The fraction of sp³-hybridized carbons (Fsp3) is 0.300. The molecule has 2 aromatic rings. The third kappa shape index (κ3) is 3.89. The molecule has 5 nitrogen and oxygen atoms in total. The first kappa shape index (κ1) is 18.4. The lowest BCUT2D eigenvalue weighted by molar-refractivity contribution is -0.148. The first-order valence-corrected chi connectivity index (χ1v) is 8.90. The van der Waals surface area contributed by atoms with E-state index in [0.717, 1.165) is 5.56 Å². The predicted molar refractivity (Wildman–Crippen MR) is 100 cm³/mol. The molecular weight excluding hydrogens is 352 g/mol. The van der Waals surface area contributed by atoms with Gasteiger partial charge in [-0.05, 0) is 23.8 Å². The van der Waals surface area contributed by atoms with Crippen LogP contribution in [0.2, 0.25) is 5.02 Å². The zero-order valence-corrected chi connectivity index (χ0v) is 15.4. The molecule has 1 amide bonds. The Balaban J connectivity index is 1.73. The summed E-state index contributed by atoms with van der Waals surface area (Å²) in [7, 11) is 1.38. The summed E-state index contributed by atoms with van der Waals surface area (Å²) in [6, 6.07) is 16.0. The van der Waals surface area contributed by atoms with Crippen molar-refractivity contribution in [2.45, 2.75) is 6.04 Å². The Bertz CT molecular complexity index is 774. The van der Waals surface area contributed by atoms with Gasteiger partial charge in [0.15, 0.2) is 0 Å². The zero-order valence-electron chi connectivity index (χ0n) is 14.6. The van der Waals surface area contributed by atoms with Crippen molar-refractivity contribution in [3.8, 4) is 0 Å². The van der Waals surface area contributed by atoms with Gasteiger partial charge in [-0.2, -0.15) is 0 Å². The van der Waals surface area contributed by atoms with Crippen molar-refractivity contribution in [3.05, 3.63) is 70.7 Å². The smallest absolute Gasteiger partial charge is 0.327 e. The van der Waals surface area contributed by atoms with Crippen LogP contribution in [0.15, 0.2) is 54.6 Å². The number of nitrogens with zero attached hydrogens (tertiary/aromatic N) is 2. The van der Waals surface area contributed by atoms with E-state index in [1.54, 1.807) is 6.07 Å². The highest BCUT2D eigenvalue weighted by Crippen LogP contribution is 2.29. The molecule has 0 aromatic heterocycles. The van der Waals surface area contributed by atoms with Gasteiger partial charge in [0.2, 0.25) is 0 Å². The molecule has 1 atom stereocenters. The number of carbonyl (C=O) groups excluding carboxylic acids is 2. The number of amides is 1. The van der Waals surface area contributed by atoms with E-state index in [4.69, 9.17) is 16.3 Å². The number of piperazine rings is 1. The van der Waals surface area contributed by atoms with Crippen molar-refractivity contribution < 1.29 is 14.3 Å². The van der Waals surface area contributed by atoms with E-state index in [9.17, 15) is 9.59 Å². The van der Waals surface area contributed by atoms with Crippen molar-refractivity contribution in [2.24, 2.45) is 0 Å². The molecule has 2 aromatic carbocycles. The highest BCUT2D eigenvalue weighted by Gasteiger charge is 2.33. The number of benzene rings is 2. The van der Waals surface area contributed by atoms with Crippen LogP contribution < -0.4 is 0 Å². The van der Waals surface area contributed by atoms with E-state index in [2.05, 4.69) is 0 Å². The van der Waals surface area contributed by atoms with Crippen LogP contribution in [0.25, 0.3) is 0 Å². The Morgan fingerprint density at radius 2 is 1.58 bits per heavy atom. The van der Waals surface area contributed by atoms with Gasteiger partial charge in [0, 0.05) is 36.8 Å². The maximum atomic E-state index is 12.6. The fourth-order valence-electron chi connectivity index (χ4n) is 3.23. The maximum absolute atomic E-state index is 12.6. The van der Waals surface area contributed by atoms with Crippen LogP contribution in [-0.2, 0) is 9.53 Å². The summed E-state index contributed by atoms with van der Waals surface area (Å²) >= 11 is 6.30. The molecule has 1 aliphatic heterocycles. The molecule has 0 N–H and O–H groups in total. The van der Waals surface area contributed by atoms with Gasteiger partial charge in [0.25, 0.3) is 5.91 Å². The SMILES string of the molecule is COC(=O)C(c1ccccc1Cl)N1CCN(C(=O)c2ccccc2)CC1. The third-order valence-electron chi connectivity index (χ3n) is 4.61. The minimum atomic E-state index is -0.567. The Kier molecular flexibility index (Phi) is 5.91. The third-order valence-corrected chi connectivity index (χ3v) is 4.96. The Morgan fingerprint density at radius 1 is 0.962 bits per heavy atom. The summed E-state index contributed by atoms with van der Waals surface area (Å²) in [5.74, 6) is -0.335. The van der Waals surface area contributed by atoms with Crippen LogP contribution in [0, 0.1) is 0 Å². The van der Waals surface area contributed by atoms with Gasteiger partial charge in [0.05, 0.1) is 7.11 Å². The summed E-state index contributed by atoms with van der Waals surface area (Å²) in [4.78, 5) is 28.8. The fourth-order valence-corrected chi connectivity index (χ4v) is 3.47. The molecule has 1 aliphatic rings. The van der Waals surface area contributed by atoms with Gasteiger partial charge < -0.3 is 9.64 Å². The lowest BCUT2D eigenvalue weighted by atomic mass is 10.0. The summed E-state index contributed by atoms with van der Waals surface area (Å²) in [5, 5.41) is 0.533. The van der Waals surface area contributed by atoms with Gasteiger partial charge in [0.1, 0.15) is 6.04 Å². The molecule has 1 saturated heterocycles. The minimum Gasteiger partial charge on any atom is -0.468 e. The van der Waals surface area contributed by atoms with E-state index in [1.165, 1.54) is 7.11 Å². The predicted octanol–water partition coefficient (Wildman–Crippen LogP) is 3.01. The van der Waals surface area contributed by atoms with Crippen LogP contribution in [0.1, 0.15) is 22.0 Å². The second kappa shape index (κ2) is 8.34. The lowest BCUT2D eigenvalue weighted by Crippen LogP contribution is -2.51. The van der Waals surface area contributed by atoms with Crippen molar-refractivity contribution >= 4 is 23.5 Å². The molecule has 0 aliphatic carbocycles. The molecule has 0 spiro atoms. The highest BCUT2D eigenvalue weighted by molar-refractivity contribution is 6.31. The zero-order chi connectivity index (χ0) is 18.5. The van der Waals surface area contributed by atoms with E-state index < -0.39 is 6.04 Å². The minimum absolute atomic E-state index is 0.0117. The summed E-state index contributed by atoms with van der Waals surface area (Å²) in [6.45, 7) is 2.24. The average Bonchev–Trinajstić information content (AvgIpc) is 2.70. The van der Waals surface area contributed by atoms with Crippen LogP contribution >= 0.6 is 11.6 Å². The normalized spacial score (nSPS) is 16.2. The van der Waals surface area contributed by atoms with Crippen LogP contribution in [0.3, 0.4) is 0 Å². The van der Waals surface area contributed by atoms with Gasteiger partial charge in [-0.1, -0.05) is 48.0 Å². The topological polar surface area (TPSA) is 49.9 Å². The van der Waals surface area contributed by atoms with Crippen LogP contribution in [0.5, 0.6) is 0 Å². The number of methoxy groups -OCH3 is 1. The Morgan fingerprint density at radius 3 is 2.19 bits per heavy atom. The van der Waals surface area contributed by atoms with Crippen LogP contribution in [-0.4, -0.2) is 55.0 Å². The van der Waals surface area contributed by atoms with Crippen molar-refractivity contribution in [2.75, 3.05) is 33.3 Å². The second-order valence-electron chi connectivity index (χ2n) is 6.14. The Labute approximate surface area is 158 Å². The number of esters is 1. The van der Waals surface area contributed by atoms with Crippen molar-refractivity contribution in [1.29, 1.82) is 0 Å². The summed E-state index contributed by atoms with van der Waals surface area (Å²) in [6.07, 6.45) is 0. The van der Waals surface area contributed by atoms with Gasteiger partial charge in [-0.3, -0.25) is 9.69 Å². The summed E-state index contributed by atoms with van der Waals surface area (Å²) < 4.78 is 5.00. The number of hydrogen-bond donors (Lipinski definition) is 0. The average molecular weight is 373 g/mol. The molecule has 0 radical (unpaired) electrons. The quantitative estimate of drug-likeness (QED) is 0.774. The molecule has 136 valence electrons. The molecule has 0 saturated carbocycles. The van der Waals surface area contributed by atoms with E-state index in [1.807, 2.05) is 58.3 Å². The number of carbonyl (C=O) groups is 2. The Hall–Kier alpha value is -2.37. The molecule has 1 fully saturated rings. The van der Waals surface area contributed by atoms with E-state index in [0.29, 0.717) is 36.8 Å². The number of rotatable bonds is 4. The lowest BCUT2D eigenvalue weighted by Gasteiger charge is -2.38. The molecular formula is C20H21ClN2O3. The number of halogens is 1. The molecule has 0 bridgehead atoms. The van der Waals surface area contributed by atoms with E-state index in [-0.39, 0.29) is 11.9 Å². The molecule has 1 unspecified atom stereocenters. The number of ether oxygens (including phenoxy) is 1. The van der Waals surface area contributed by atoms with Crippen LogP contribution in [0.4, 0.5) is 0 Å². The second-order valence-corrected chi connectivity index (χ2v) is 6.55. The first-order valence-electron chi connectivity index (χ1n) is 8.52. The number of hydrogen-bond acceptors (Lipinski definition) is 4. The molecule has 3 rings (SSSR count). The van der Waals surface area contributed by atoms with Gasteiger partial charge in [-0.15, -0.1) is 0 Å². The van der Waals surface area contributed by atoms with Crippen molar-refractivity contribution in [1.82, 2.24) is 9.80 Å². The largest absolute Gasteiger partial charge is 0.468 e. The molecule has 26 heavy (non-hydrogen) atoms. The highest BCUT2D eigenvalue weighted by atomic mass is 35.5. The monoisotopic (exact) mass is 372 g/mol. The van der Waals surface area contributed by atoms with Gasteiger partial charge in [-0.25, -0.2) is 4.79 Å². The van der Waals surface area contributed by atoms with E-state index >= 15 is 0 Å². The van der Waals surface area contributed by atoms with Crippen molar-refractivity contribution in [3.63, 3.8) is 0 Å². The van der Waals surface area contributed by atoms with Gasteiger partial charge >= 0.3 is 5.97 Å². The standard InChI is InChI=1S/C20H21ClN2O3/c1-26-20(25)18(16-9-5-6-10-17(16)21)22-11-13-23(14-12-22)19(24)15-7-3-2-4-8-15/h2-10,18H,11-14H2,1H3. The first-order chi connectivity index (χ1) is 12.6.